The minimum Gasteiger partial charge on any atom is -0.397 e. The molecule has 1 heterocycles. The number of nitrogens with two attached hydrogens (primary N) is 1. The monoisotopic (exact) mass is 338 g/mol. The van der Waals surface area contributed by atoms with Crippen LogP contribution in [0.15, 0.2) is 65.6 Å². The lowest BCUT2D eigenvalue weighted by molar-refractivity contribution is -0.119. The van der Waals surface area contributed by atoms with Crippen LogP contribution in [0, 0.1) is 0 Å². The number of hydrogen-bond acceptors (Lipinski definition) is 4. The van der Waals surface area contributed by atoms with Gasteiger partial charge in [0.1, 0.15) is 0 Å². The lowest BCUT2D eigenvalue weighted by Crippen LogP contribution is -2.21. The van der Waals surface area contributed by atoms with E-state index < -0.39 is 0 Å². The largest absolute Gasteiger partial charge is 0.397 e. The second-order valence-electron chi connectivity index (χ2n) is 5.62. The molecule has 122 valence electrons. The van der Waals surface area contributed by atoms with E-state index >= 15 is 0 Å². The van der Waals surface area contributed by atoms with E-state index in [4.69, 9.17) is 5.73 Å². The Bertz CT molecular complexity index is 787. The van der Waals surface area contributed by atoms with Gasteiger partial charge in [0.25, 0.3) is 0 Å². The number of thioether (sulfide) groups is 1. The molecule has 3 rings (SSSR count). The van der Waals surface area contributed by atoms with Crippen LogP contribution < -0.4 is 11.1 Å². The molecule has 0 bridgehead atoms. The first-order chi connectivity index (χ1) is 11.6. The van der Waals surface area contributed by atoms with Gasteiger partial charge in [-0.05, 0) is 28.7 Å². The quantitative estimate of drug-likeness (QED) is 0.820. The molecule has 2 aromatic rings. The summed E-state index contributed by atoms with van der Waals surface area (Å²) < 4.78 is 0. The molecule has 5 heteroatoms. The van der Waals surface area contributed by atoms with E-state index in [9.17, 15) is 9.59 Å². The van der Waals surface area contributed by atoms with Crippen molar-refractivity contribution >= 4 is 34.8 Å². The summed E-state index contributed by atoms with van der Waals surface area (Å²) in [7, 11) is 0. The zero-order valence-corrected chi connectivity index (χ0v) is 13.9. The fourth-order valence-corrected chi connectivity index (χ4v) is 3.76. The number of carbonyl (C=O) groups is 2. The van der Waals surface area contributed by atoms with Crippen molar-refractivity contribution in [1.82, 2.24) is 0 Å². The number of anilines is 2. The highest BCUT2D eigenvalue weighted by Crippen LogP contribution is 2.34. The molecule has 1 aliphatic rings. The Morgan fingerprint density at radius 2 is 1.79 bits per heavy atom. The van der Waals surface area contributed by atoms with Crippen molar-refractivity contribution in [3.05, 3.63) is 71.1 Å². The maximum absolute atomic E-state index is 12.2. The first-order valence-electron chi connectivity index (χ1n) is 7.71. The molecule has 0 fully saturated rings. The number of allylic oxidation sites excluding steroid dienone is 2. The lowest BCUT2D eigenvalue weighted by atomic mass is 10.1. The summed E-state index contributed by atoms with van der Waals surface area (Å²) in [6, 6.07) is 17.1. The highest BCUT2D eigenvalue weighted by Gasteiger charge is 2.28. The summed E-state index contributed by atoms with van der Waals surface area (Å²) >= 11 is 1.48. The molecule has 0 radical (unpaired) electrons. The second kappa shape index (κ2) is 7.36. The molecule has 24 heavy (non-hydrogen) atoms. The third kappa shape index (κ3) is 4.06. The molecule has 0 saturated heterocycles. The van der Waals surface area contributed by atoms with Gasteiger partial charge in [-0.3, -0.25) is 9.59 Å². The lowest BCUT2D eigenvalue weighted by Gasteiger charge is -2.11. The van der Waals surface area contributed by atoms with E-state index in [2.05, 4.69) is 5.32 Å². The summed E-state index contributed by atoms with van der Waals surface area (Å²) in [4.78, 5) is 25.3. The molecule has 0 aliphatic carbocycles. The smallest absolute Gasteiger partial charge is 0.226 e. The number of rotatable bonds is 5. The molecule has 0 spiro atoms. The summed E-state index contributed by atoms with van der Waals surface area (Å²) in [5.74, 6) is -0.199. The number of amides is 1. The second-order valence-corrected chi connectivity index (χ2v) is 6.95. The van der Waals surface area contributed by atoms with Gasteiger partial charge in [-0.15, -0.1) is 11.8 Å². The zero-order valence-electron chi connectivity index (χ0n) is 13.1. The summed E-state index contributed by atoms with van der Waals surface area (Å²) in [5.41, 5.74) is 8.07. The Morgan fingerprint density at radius 3 is 2.54 bits per heavy atom. The van der Waals surface area contributed by atoms with Gasteiger partial charge in [0, 0.05) is 12.8 Å². The van der Waals surface area contributed by atoms with Gasteiger partial charge in [0.15, 0.2) is 5.78 Å². The predicted molar refractivity (Wildman–Crippen MR) is 98.7 cm³/mol. The molecule has 4 nitrogen and oxygen atoms in total. The van der Waals surface area contributed by atoms with Crippen LogP contribution in [0.2, 0.25) is 0 Å². The Morgan fingerprint density at radius 1 is 1.08 bits per heavy atom. The van der Waals surface area contributed by atoms with Crippen LogP contribution >= 0.6 is 11.8 Å². The topological polar surface area (TPSA) is 72.2 Å². The van der Waals surface area contributed by atoms with E-state index in [-0.39, 0.29) is 23.4 Å². The molecule has 1 atom stereocenters. The highest BCUT2D eigenvalue weighted by atomic mass is 32.2. The van der Waals surface area contributed by atoms with Crippen molar-refractivity contribution in [2.45, 2.75) is 18.1 Å². The van der Waals surface area contributed by atoms with Gasteiger partial charge in [0.05, 0.1) is 16.6 Å². The van der Waals surface area contributed by atoms with Crippen LogP contribution in [0.25, 0.3) is 0 Å². The Hall–Kier alpha value is -2.53. The van der Waals surface area contributed by atoms with Crippen molar-refractivity contribution in [2.24, 2.45) is 0 Å². The minimum atomic E-state index is -0.353. The molecule has 1 unspecified atom stereocenters. The normalized spacial score (nSPS) is 16.8. The van der Waals surface area contributed by atoms with Gasteiger partial charge < -0.3 is 11.1 Å². The van der Waals surface area contributed by atoms with Gasteiger partial charge in [-0.2, -0.15) is 0 Å². The highest BCUT2D eigenvalue weighted by molar-refractivity contribution is 8.04. The number of ketones is 1. The number of nitrogen functional groups attached to an aromatic ring is 1. The molecular weight excluding hydrogens is 320 g/mol. The van der Waals surface area contributed by atoms with Gasteiger partial charge in [-0.25, -0.2) is 0 Å². The average Bonchev–Trinajstić information content (AvgIpc) is 2.90. The summed E-state index contributed by atoms with van der Waals surface area (Å²) in [5, 5.41) is 2.42. The van der Waals surface area contributed by atoms with Crippen molar-refractivity contribution in [2.75, 3.05) is 11.1 Å². The minimum absolute atomic E-state index is 0.00196. The van der Waals surface area contributed by atoms with Gasteiger partial charge >= 0.3 is 0 Å². The molecule has 1 aliphatic heterocycles. The van der Waals surface area contributed by atoms with Gasteiger partial charge in [-0.1, -0.05) is 42.5 Å². The van der Waals surface area contributed by atoms with Crippen LogP contribution in [0.3, 0.4) is 0 Å². The molecule has 0 saturated carbocycles. The SMILES string of the molecule is Nc1ccccc1NC(=O)CC1SC(Cc2ccccc2)=CC1=O. The summed E-state index contributed by atoms with van der Waals surface area (Å²) in [6.45, 7) is 0. The number of benzene rings is 2. The van der Waals surface area contributed by atoms with Crippen LogP contribution in [0.1, 0.15) is 12.0 Å². The molecular formula is C19H18N2O2S. The zero-order chi connectivity index (χ0) is 16.9. The Kier molecular flexibility index (Phi) is 5.01. The number of para-hydroxylation sites is 2. The molecule has 2 aromatic carbocycles. The maximum Gasteiger partial charge on any atom is 0.226 e. The molecule has 3 N–H and O–H groups in total. The molecule has 0 aromatic heterocycles. The first-order valence-corrected chi connectivity index (χ1v) is 8.59. The van der Waals surface area contributed by atoms with Crippen molar-refractivity contribution in [3.8, 4) is 0 Å². The number of hydrogen-bond donors (Lipinski definition) is 2. The maximum atomic E-state index is 12.2. The average molecular weight is 338 g/mol. The Labute approximate surface area is 145 Å². The first kappa shape index (κ1) is 16.3. The van der Waals surface area contributed by atoms with Crippen LogP contribution in [-0.4, -0.2) is 16.9 Å². The standard InChI is InChI=1S/C19H18N2O2S/c20-15-8-4-5-9-16(15)21-19(23)12-18-17(22)11-14(24-18)10-13-6-2-1-3-7-13/h1-9,11,18H,10,12,20H2,(H,21,23). The number of nitrogens with one attached hydrogen (secondary N) is 1. The van der Waals surface area contributed by atoms with E-state index in [0.29, 0.717) is 11.4 Å². The van der Waals surface area contributed by atoms with Crippen LogP contribution in [-0.2, 0) is 16.0 Å². The third-order valence-corrected chi connectivity index (χ3v) is 4.99. The van der Waals surface area contributed by atoms with E-state index in [0.717, 1.165) is 16.9 Å². The van der Waals surface area contributed by atoms with Crippen molar-refractivity contribution in [3.63, 3.8) is 0 Å². The van der Waals surface area contributed by atoms with E-state index in [1.54, 1.807) is 30.3 Å². The fraction of sp³-hybridized carbons (Fsp3) is 0.158. The number of carbonyl (C=O) groups excluding carboxylic acids is 2. The van der Waals surface area contributed by atoms with Crippen LogP contribution in [0.4, 0.5) is 11.4 Å². The van der Waals surface area contributed by atoms with Gasteiger partial charge in [0.2, 0.25) is 5.91 Å². The summed E-state index contributed by atoms with van der Waals surface area (Å²) in [6.07, 6.45) is 2.53. The van der Waals surface area contributed by atoms with E-state index in [1.807, 2.05) is 30.3 Å². The van der Waals surface area contributed by atoms with Crippen LogP contribution in [0.5, 0.6) is 0 Å². The third-order valence-electron chi connectivity index (χ3n) is 3.74. The Balaban J connectivity index is 1.56. The van der Waals surface area contributed by atoms with Crippen molar-refractivity contribution in [1.29, 1.82) is 0 Å². The van der Waals surface area contributed by atoms with Crippen molar-refractivity contribution < 1.29 is 9.59 Å². The fourth-order valence-electron chi connectivity index (χ4n) is 2.54. The molecule has 1 amide bonds. The predicted octanol–water partition coefficient (Wildman–Crippen LogP) is 3.41. The van der Waals surface area contributed by atoms with E-state index in [1.165, 1.54) is 11.8 Å².